The van der Waals surface area contributed by atoms with Crippen molar-refractivity contribution >= 4 is 5.91 Å². The Morgan fingerprint density at radius 2 is 2.00 bits per heavy atom. The van der Waals surface area contributed by atoms with E-state index in [4.69, 9.17) is 14.7 Å². The van der Waals surface area contributed by atoms with Crippen LogP contribution >= 0.6 is 0 Å². The first-order valence-corrected chi connectivity index (χ1v) is 5.36. The van der Waals surface area contributed by atoms with Crippen molar-refractivity contribution in [3.05, 3.63) is 11.8 Å². The molecule has 0 aromatic carbocycles. The molecule has 0 atom stereocenters. The zero-order valence-electron chi connectivity index (χ0n) is 10.3. The molecule has 6 heteroatoms. The van der Waals surface area contributed by atoms with Gasteiger partial charge in [-0.2, -0.15) is 5.26 Å². The van der Waals surface area contributed by atoms with E-state index in [2.05, 4.69) is 10.6 Å². The van der Waals surface area contributed by atoms with Gasteiger partial charge in [0, 0.05) is 40.1 Å². The summed E-state index contributed by atoms with van der Waals surface area (Å²) in [5.74, 6) is -0.381. The van der Waals surface area contributed by atoms with Gasteiger partial charge in [-0.05, 0) is 6.42 Å². The van der Waals surface area contributed by atoms with E-state index in [0.717, 1.165) is 6.42 Å². The highest BCUT2D eigenvalue weighted by Gasteiger charge is 2.06. The van der Waals surface area contributed by atoms with Gasteiger partial charge >= 0.3 is 0 Å². The van der Waals surface area contributed by atoms with E-state index in [-0.39, 0.29) is 11.5 Å². The van der Waals surface area contributed by atoms with E-state index >= 15 is 0 Å². The number of nitriles is 1. The molecule has 0 aromatic heterocycles. The fraction of sp³-hybridized carbons (Fsp3) is 0.636. The van der Waals surface area contributed by atoms with Gasteiger partial charge in [0.25, 0.3) is 5.91 Å². The Morgan fingerprint density at radius 1 is 1.29 bits per heavy atom. The van der Waals surface area contributed by atoms with Crippen molar-refractivity contribution in [3.8, 4) is 6.07 Å². The predicted octanol–water partition coefficient (Wildman–Crippen LogP) is -0.217. The molecule has 0 rings (SSSR count). The van der Waals surface area contributed by atoms with Crippen LogP contribution < -0.4 is 10.6 Å². The summed E-state index contributed by atoms with van der Waals surface area (Å²) in [6.07, 6.45) is 2.11. The largest absolute Gasteiger partial charge is 0.387 e. The molecule has 0 radical (unpaired) electrons. The summed E-state index contributed by atoms with van der Waals surface area (Å²) in [6.45, 7) is 2.14. The zero-order chi connectivity index (χ0) is 12.9. The summed E-state index contributed by atoms with van der Waals surface area (Å²) in [5.41, 5.74) is 0.0542. The quantitative estimate of drug-likeness (QED) is 0.331. The fourth-order valence-corrected chi connectivity index (χ4v) is 0.997. The van der Waals surface area contributed by atoms with Gasteiger partial charge in [0.05, 0.1) is 6.61 Å². The minimum atomic E-state index is -0.381. The number of nitrogens with one attached hydrogen (secondary N) is 2. The Bertz CT molecular complexity index is 284. The van der Waals surface area contributed by atoms with Crippen LogP contribution in [0.5, 0.6) is 0 Å². The molecule has 1 amide bonds. The van der Waals surface area contributed by atoms with Crippen LogP contribution in [0.25, 0.3) is 0 Å². The Kier molecular flexibility index (Phi) is 9.91. The molecular formula is C11H19N3O3. The maximum absolute atomic E-state index is 11.5. The molecule has 0 unspecified atom stereocenters. The van der Waals surface area contributed by atoms with Gasteiger partial charge in [-0.15, -0.1) is 0 Å². The summed E-state index contributed by atoms with van der Waals surface area (Å²) >= 11 is 0. The van der Waals surface area contributed by atoms with Crippen molar-refractivity contribution in [3.63, 3.8) is 0 Å². The van der Waals surface area contributed by atoms with Crippen molar-refractivity contribution < 1.29 is 14.3 Å². The van der Waals surface area contributed by atoms with Crippen LogP contribution in [0.4, 0.5) is 0 Å². The lowest BCUT2D eigenvalue weighted by Crippen LogP contribution is -2.27. The van der Waals surface area contributed by atoms with Crippen LogP contribution in [0.15, 0.2) is 11.8 Å². The highest BCUT2D eigenvalue weighted by molar-refractivity contribution is 5.97. The van der Waals surface area contributed by atoms with Crippen molar-refractivity contribution in [2.24, 2.45) is 0 Å². The number of carbonyl (C=O) groups is 1. The first kappa shape index (κ1) is 15.4. The van der Waals surface area contributed by atoms with Crippen LogP contribution in [0, 0.1) is 11.3 Å². The molecule has 0 bridgehead atoms. The minimum absolute atomic E-state index is 0.0542. The third kappa shape index (κ3) is 8.25. The molecule has 17 heavy (non-hydrogen) atoms. The van der Waals surface area contributed by atoms with Gasteiger partial charge in [-0.3, -0.25) is 4.79 Å². The summed E-state index contributed by atoms with van der Waals surface area (Å²) < 4.78 is 9.67. The van der Waals surface area contributed by atoms with E-state index in [1.165, 1.54) is 6.20 Å². The van der Waals surface area contributed by atoms with Gasteiger partial charge in [0.15, 0.2) is 0 Å². The third-order valence-corrected chi connectivity index (χ3v) is 1.87. The van der Waals surface area contributed by atoms with E-state index < -0.39 is 0 Å². The predicted molar refractivity (Wildman–Crippen MR) is 63.1 cm³/mol. The van der Waals surface area contributed by atoms with Crippen LogP contribution in [0.1, 0.15) is 6.42 Å². The summed E-state index contributed by atoms with van der Waals surface area (Å²) in [7, 11) is 3.18. The number of amides is 1. The highest BCUT2D eigenvalue weighted by Crippen LogP contribution is 1.90. The second-order valence-electron chi connectivity index (χ2n) is 3.22. The lowest BCUT2D eigenvalue weighted by Gasteiger charge is -2.04. The smallest absolute Gasteiger partial charge is 0.263 e. The van der Waals surface area contributed by atoms with Crippen molar-refractivity contribution in [2.75, 3.05) is 40.5 Å². The lowest BCUT2D eigenvalue weighted by molar-refractivity contribution is -0.117. The maximum Gasteiger partial charge on any atom is 0.263 e. The standard InChI is InChI=1S/C11H19N3O3/c1-16-6-3-4-14-11(15)10(8-12)9-13-5-7-17-2/h9,13H,3-7H2,1-2H3,(H,14,15)/b10-9-. The second kappa shape index (κ2) is 10.9. The molecule has 0 aliphatic carbocycles. The molecule has 6 nitrogen and oxygen atoms in total. The minimum Gasteiger partial charge on any atom is -0.387 e. The first-order valence-electron chi connectivity index (χ1n) is 5.36. The van der Waals surface area contributed by atoms with Crippen LogP contribution in [0.3, 0.4) is 0 Å². The average Bonchev–Trinajstić information content (AvgIpc) is 2.34. The fourth-order valence-electron chi connectivity index (χ4n) is 0.997. The number of ether oxygens (including phenoxy) is 2. The number of hydrogen-bond donors (Lipinski definition) is 2. The van der Waals surface area contributed by atoms with Crippen LogP contribution in [-0.2, 0) is 14.3 Å². The summed E-state index contributed by atoms with van der Waals surface area (Å²) in [5, 5.41) is 14.2. The molecule has 0 saturated heterocycles. The molecule has 96 valence electrons. The summed E-state index contributed by atoms with van der Waals surface area (Å²) in [4.78, 5) is 11.5. The molecule has 0 aliphatic rings. The molecule has 0 spiro atoms. The Morgan fingerprint density at radius 3 is 2.59 bits per heavy atom. The molecular weight excluding hydrogens is 222 g/mol. The number of nitrogens with zero attached hydrogens (tertiary/aromatic N) is 1. The SMILES string of the molecule is COCCCNC(=O)/C(C#N)=C\NCCOC. The van der Waals surface area contributed by atoms with Gasteiger partial charge in [-0.25, -0.2) is 0 Å². The van der Waals surface area contributed by atoms with Crippen LogP contribution in [-0.4, -0.2) is 46.4 Å². The van der Waals surface area contributed by atoms with Gasteiger partial charge < -0.3 is 20.1 Å². The Labute approximate surface area is 102 Å². The molecule has 2 N–H and O–H groups in total. The average molecular weight is 241 g/mol. The van der Waals surface area contributed by atoms with Gasteiger partial charge in [0.1, 0.15) is 11.6 Å². The molecule has 0 fully saturated rings. The number of hydrogen-bond acceptors (Lipinski definition) is 5. The summed E-state index contributed by atoms with van der Waals surface area (Å²) in [6, 6.07) is 1.83. The topological polar surface area (TPSA) is 83.4 Å². The van der Waals surface area contributed by atoms with Gasteiger partial charge in [-0.1, -0.05) is 0 Å². The number of methoxy groups -OCH3 is 2. The van der Waals surface area contributed by atoms with Crippen LogP contribution in [0.2, 0.25) is 0 Å². The Balaban J connectivity index is 3.91. The first-order chi connectivity index (χ1) is 8.26. The zero-order valence-corrected chi connectivity index (χ0v) is 10.3. The van der Waals surface area contributed by atoms with E-state index in [9.17, 15) is 4.79 Å². The van der Waals surface area contributed by atoms with Gasteiger partial charge in [0.2, 0.25) is 0 Å². The molecule has 0 saturated carbocycles. The normalized spacial score (nSPS) is 10.8. The van der Waals surface area contributed by atoms with E-state index in [1.54, 1.807) is 14.2 Å². The van der Waals surface area contributed by atoms with E-state index in [0.29, 0.717) is 26.3 Å². The monoisotopic (exact) mass is 241 g/mol. The number of rotatable bonds is 9. The number of carbonyl (C=O) groups excluding carboxylic acids is 1. The lowest BCUT2D eigenvalue weighted by atomic mass is 10.3. The molecule has 0 heterocycles. The Hall–Kier alpha value is -1.58. The van der Waals surface area contributed by atoms with Crippen molar-refractivity contribution in [2.45, 2.75) is 6.42 Å². The molecule has 0 aromatic rings. The maximum atomic E-state index is 11.5. The van der Waals surface area contributed by atoms with Crippen molar-refractivity contribution in [1.82, 2.24) is 10.6 Å². The second-order valence-corrected chi connectivity index (χ2v) is 3.22. The van der Waals surface area contributed by atoms with E-state index in [1.807, 2.05) is 6.07 Å². The third-order valence-electron chi connectivity index (χ3n) is 1.87. The molecule has 0 aliphatic heterocycles. The van der Waals surface area contributed by atoms with Crippen molar-refractivity contribution in [1.29, 1.82) is 5.26 Å². The highest BCUT2D eigenvalue weighted by atomic mass is 16.5.